The minimum Gasteiger partial charge on any atom is -0.506 e. The van der Waals surface area contributed by atoms with E-state index in [4.69, 9.17) is 0 Å². The highest BCUT2D eigenvalue weighted by atomic mass is 19.4. The minimum atomic E-state index is -4.67. The van der Waals surface area contributed by atoms with Crippen molar-refractivity contribution in [1.82, 2.24) is 14.6 Å². The van der Waals surface area contributed by atoms with Crippen LogP contribution in [0.15, 0.2) is 36.4 Å². The van der Waals surface area contributed by atoms with Crippen LogP contribution in [0.4, 0.5) is 18.9 Å². The highest BCUT2D eigenvalue weighted by Gasteiger charge is 2.36. The van der Waals surface area contributed by atoms with Gasteiger partial charge in [0, 0.05) is 11.5 Å². The van der Waals surface area contributed by atoms with Crippen LogP contribution in [0, 0.1) is 0 Å². The summed E-state index contributed by atoms with van der Waals surface area (Å²) >= 11 is 0. The van der Waals surface area contributed by atoms with Crippen molar-refractivity contribution in [3.05, 3.63) is 53.5 Å². The van der Waals surface area contributed by atoms with Gasteiger partial charge in [0.15, 0.2) is 11.3 Å². The lowest BCUT2D eigenvalue weighted by Gasteiger charge is -2.19. The number of para-hydroxylation sites is 2. The number of carbonyl (C=O) groups is 1. The zero-order valence-corrected chi connectivity index (χ0v) is 14.8. The Hall–Kier alpha value is -3.10. The lowest BCUT2D eigenvalue weighted by atomic mass is 9.91. The number of phenolic OH excluding ortho intramolecular Hbond substituents is 1. The Labute approximate surface area is 152 Å². The summed E-state index contributed by atoms with van der Waals surface area (Å²) in [7, 11) is 0. The Morgan fingerprint density at radius 3 is 2.41 bits per heavy atom. The van der Waals surface area contributed by atoms with Crippen LogP contribution in [0.25, 0.3) is 5.65 Å². The number of nitrogens with zero attached hydrogens (tertiary/aromatic N) is 3. The predicted molar refractivity (Wildman–Crippen MR) is 92.7 cm³/mol. The molecule has 142 valence electrons. The first-order valence-corrected chi connectivity index (χ1v) is 8.04. The average Bonchev–Trinajstić information content (AvgIpc) is 2.98. The Balaban J connectivity index is 2.08. The van der Waals surface area contributed by atoms with E-state index in [9.17, 15) is 23.1 Å². The van der Waals surface area contributed by atoms with E-state index in [1.54, 1.807) is 32.9 Å². The first kappa shape index (κ1) is 18.7. The molecule has 2 heterocycles. The fraction of sp³-hybridized carbons (Fsp3) is 0.278. The number of hydrogen-bond donors (Lipinski definition) is 2. The van der Waals surface area contributed by atoms with Crippen molar-refractivity contribution in [2.24, 2.45) is 0 Å². The van der Waals surface area contributed by atoms with Gasteiger partial charge in [-0.3, -0.25) is 4.79 Å². The summed E-state index contributed by atoms with van der Waals surface area (Å²) in [4.78, 5) is 16.6. The van der Waals surface area contributed by atoms with Gasteiger partial charge in [-0.05, 0) is 18.2 Å². The molecule has 3 rings (SSSR count). The van der Waals surface area contributed by atoms with Gasteiger partial charge in [0.1, 0.15) is 11.4 Å². The summed E-state index contributed by atoms with van der Waals surface area (Å²) in [5.74, 6) is -0.925. The standard InChI is InChI=1S/C18H17F3N4O2/c1-17(2,3)13-9-14(18(19,20)21)25-15(23-13)8-11(24-25)16(27)22-10-6-4-5-7-12(10)26/h4-9,26H,1-3H3,(H,22,27). The van der Waals surface area contributed by atoms with Gasteiger partial charge in [-0.1, -0.05) is 32.9 Å². The number of phenols is 1. The molecule has 9 heteroatoms. The molecule has 0 fully saturated rings. The molecule has 2 N–H and O–H groups in total. The van der Waals surface area contributed by atoms with Crippen molar-refractivity contribution in [2.75, 3.05) is 5.32 Å². The first-order valence-electron chi connectivity index (χ1n) is 8.04. The van der Waals surface area contributed by atoms with Gasteiger partial charge in [0.2, 0.25) is 0 Å². The zero-order valence-electron chi connectivity index (χ0n) is 14.8. The molecule has 0 saturated carbocycles. The van der Waals surface area contributed by atoms with Crippen molar-refractivity contribution in [3.63, 3.8) is 0 Å². The Morgan fingerprint density at radius 2 is 1.81 bits per heavy atom. The van der Waals surface area contributed by atoms with E-state index in [2.05, 4.69) is 15.4 Å². The molecule has 0 bridgehead atoms. The van der Waals surface area contributed by atoms with Crippen molar-refractivity contribution in [3.8, 4) is 5.75 Å². The number of anilines is 1. The van der Waals surface area contributed by atoms with E-state index in [-0.39, 0.29) is 28.5 Å². The smallest absolute Gasteiger partial charge is 0.433 e. The Bertz CT molecular complexity index is 1020. The molecule has 0 atom stereocenters. The fourth-order valence-electron chi connectivity index (χ4n) is 2.44. The number of benzene rings is 1. The third kappa shape index (κ3) is 3.71. The third-order valence-electron chi connectivity index (χ3n) is 3.87. The monoisotopic (exact) mass is 378 g/mol. The number of rotatable bonds is 2. The van der Waals surface area contributed by atoms with E-state index in [1.165, 1.54) is 18.2 Å². The van der Waals surface area contributed by atoms with Gasteiger partial charge in [0.25, 0.3) is 5.91 Å². The number of nitrogens with one attached hydrogen (secondary N) is 1. The number of fused-ring (bicyclic) bond motifs is 1. The second-order valence-electron chi connectivity index (χ2n) is 7.05. The second-order valence-corrected chi connectivity index (χ2v) is 7.05. The molecular formula is C18H17F3N4O2. The summed E-state index contributed by atoms with van der Waals surface area (Å²) in [5, 5.41) is 15.9. The topological polar surface area (TPSA) is 79.5 Å². The highest BCUT2D eigenvalue weighted by molar-refractivity contribution is 6.04. The summed E-state index contributed by atoms with van der Waals surface area (Å²) < 4.78 is 41.0. The predicted octanol–water partition coefficient (Wildman–Crippen LogP) is 4.00. The normalized spacial score (nSPS) is 12.4. The molecule has 0 radical (unpaired) electrons. The number of alkyl halides is 3. The number of hydrogen-bond acceptors (Lipinski definition) is 4. The number of aromatic nitrogens is 3. The summed E-state index contributed by atoms with van der Waals surface area (Å²) in [6, 6.07) is 8.12. The highest BCUT2D eigenvalue weighted by Crippen LogP contribution is 2.32. The molecule has 0 aliphatic rings. The van der Waals surface area contributed by atoms with Crippen LogP contribution in [0.3, 0.4) is 0 Å². The van der Waals surface area contributed by atoms with E-state index in [0.29, 0.717) is 4.52 Å². The van der Waals surface area contributed by atoms with Crippen LogP contribution in [0.1, 0.15) is 42.6 Å². The molecule has 1 amide bonds. The summed E-state index contributed by atoms with van der Waals surface area (Å²) in [6.45, 7) is 5.23. The molecule has 0 saturated heterocycles. The van der Waals surface area contributed by atoms with Crippen LogP contribution in [-0.2, 0) is 11.6 Å². The summed E-state index contributed by atoms with van der Waals surface area (Å²) in [6.07, 6.45) is -4.67. The van der Waals surface area contributed by atoms with Gasteiger partial charge in [-0.25, -0.2) is 9.50 Å². The Morgan fingerprint density at radius 1 is 1.15 bits per heavy atom. The van der Waals surface area contributed by atoms with Crippen LogP contribution in [-0.4, -0.2) is 25.6 Å². The number of carbonyl (C=O) groups excluding carboxylic acids is 1. The average molecular weight is 378 g/mol. The molecule has 0 aliphatic heterocycles. The van der Waals surface area contributed by atoms with Crippen molar-refractivity contribution in [1.29, 1.82) is 0 Å². The number of amides is 1. The van der Waals surface area contributed by atoms with Gasteiger partial charge in [-0.15, -0.1) is 0 Å². The van der Waals surface area contributed by atoms with E-state index >= 15 is 0 Å². The van der Waals surface area contributed by atoms with Crippen LogP contribution >= 0.6 is 0 Å². The van der Waals surface area contributed by atoms with E-state index in [0.717, 1.165) is 6.07 Å². The maximum absolute atomic E-state index is 13.5. The van der Waals surface area contributed by atoms with Gasteiger partial charge >= 0.3 is 6.18 Å². The molecule has 0 spiro atoms. The van der Waals surface area contributed by atoms with Gasteiger partial charge < -0.3 is 10.4 Å². The molecule has 0 aliphatic carbocycles. The number of halogens is 3. The van der Waals surface area contributed by atoms with Crippen LogP contribution in [0.2, 0.25) is 0 Å². The van der Waals surface area contributed by atoms with Crippen LogP contribution < -0.4 is 5.32 Å². The molecule has 27 heavy (non-hydrogen) atoms. The maximum atomic E-state index is 13.5. The largest absolute Gasteiger partial charge is 0.506 e. The number of aromatic hydroxyl groups is 1. The van der Waals surface area contributed by atoms with Crippen molar-refractivity contribution >= 4 is 17.2 Å². The van der Waals surface area contributed by atoms with Gasteiger partial charge in [-0.2, -0.15) is 18.3 Å². The maximum Gasteiger partial charge on any atom is 0.433 e. The minimum absolute atomic E-state index is 0.0859. The quantitative estimate of drug-likeness (QED) is 0.661. The second kappa shape index (κ2) is 6.26. The molecule has 2 aromatic heterocycles. The molecule has 0 unspecified atom stereocenters. The van der Waals surface area contributed by atoms with E-state index < -0.39 is 23.2 Å². The summed E-state index contributed by atoms with van der Waals surface area (Å²) in [5.41, 5.74) is -1.61. The SMILES string of the molecule is CC(C)(C)c1cc(C(F)(F)F)n2nc(C(=O)Nc3ccccc3O)cc2n1. The fourth-order valence-corrected chi connectivity index (χ4v) is 2.44. The Kier molecular flexibility index (Phi) is 4.33. The van der Waals surface area contributed by atoms with Crippen LogP contribution in [0.5, 0.6) is 5.75 Å². The lowest BCUT2D eigenvalue weighted by Crippen LogP contribution is -2.20. The molecular weight excluding hydrogens is 361 g/mol. The van der Waals surface area contributed by atoms with Crippen molar-refractivity contribution in [2.45, 2.75) is 32.4 Å². The molecule has 6 nitrogen and oxygen atoms in total. The molecule has 3 aromatic rings. The molecule has 1 aromatic carbocycles. The van der Waals surface area contributed by atoms with Crippen molar-refractivity contribution < 1.29 is 23.1 Å². The zero-order chi connectivity index (χ0) is 20.0. The van der Waals surface area contributed by atoms with E-state index in [1.807, 2.05) is 0 Å². The third-order valence-corrected chi connectivity index (χ3v) is 3.87. The lowest BCUT2D eigenvalue weighted by molar-refractivity contribution is -0.142. The van der Waals surface area contributed by atoms with Gasteiger partial charge in [0.05, 0.1) is 11.4 Å². The first-order chi connectivity index (χ1) is 12.5.